The number of hydrogen-bond donors (Lipinski definition) is 2. The van der Waals surface area contributed by atoms with E-state index in [2.05, 4.69) is 15.0 Å². The minimum Gasteiger partial charge on any atom is -0.399 e. The molecule has 3 N–H and O–H groups in total. The Morgan fingerprint density at radius 3 is 2.95 bits per heavy atom. The molecule has 0 bridgehead atoms. The van der Waals surface area contributed by atoms with Crippen LogP contribution in [0.4, 0.5) is 5.69 Å². The van der Waals surface area contributed by atoms with Crippen LogP contribution in [0.3, 0.4) is 0 Å². The molecule has 0 aliphatic carbocycles. The summed E-state index contributed by atoms with van der Waals surface area (Å²) >= 11 is 6.00. The van der Waals surface area contributed by atoms with Crippen LogP contribution in [0.25, 0.3) is 17.2 Å². The number of hydrogen-bond acceptors (Lipinski definition) is 4. The van der Waals surface area contributed by atoms with E-state index in [9.17, 15) is 4.79 Å². The Labute approximate surface area is 118 Å². The molecule has 2 aromatic heterocycles. The van der Waals surface area contributed by atoms with E-state index in [0.29, 0.717) is 17.3 Å². The fourth-order valence-corrected chi connectivity index (χ4v) is 2.10. The highest BCUT2D eigenvalue weighted by molar-refractivity contribution is 6.31. The molecule has 7 heteroatoms. The Bertz CT molecular complexity index is 823. The summed E-state index contributed by atoms with van der Waals surface area (Å²) in [6, 6.07) is 7.28. The number of aromatic amines is 1. The molecular formula is C13H10ClN5O. The second kappa shape index (κ2) is 4.82. The zero-order valence-electron chi connectivity index (χ0n) is 10.2. The van der Waals surface area contributed by atoms with E-state index in [-0.39, 0.29) is 5.02 Å². The molecule has 2 heterocycles. The number of nitrogen functional groups attached to an aromatic ring is 1. The van der Waals surface area contributed by atoms with Gasteiger partial charge in [-0.2, -0.15) is 0 Å². The lowest BCUT2D eigenvalue weighted by Gasteiger charge is -2.08. The van der Waals surface area contributed by atoms with Crippen LogP contribution >= 0.6 is 11.6 Å². The number of nitrogens with zero attached hydrogens (tertiary/aromatic N) is 3. The first kappa shape index (κ1) is 12.4. The molecule has 6 nitrogen and oxygen atoms in total. The van der Waals surface area contributed by atoms with Crippen LogP contribution in [0, 0.1) is 0 Å². The molecule has 0 fully saturated rings. The number of imidazole rings is 1. The molecule has 0 saturated carbocycles. The Morgan fingerprint density at radius 2 is 2.15 bits per heavy atom. The number of aromatic nitrogens is 4. The SMILES string of the molecule is Nc1cccc(-c2nccn2-c2nc[nH]c(=O)c2Cl)c1. The molecule has 0 radical (unpaired) electrons. The fourth-order valence-electron chi connectivity index (χ4n) is 1.91. The molecule has 3 rings (SSSR count). The predicted molar refractivity (Wildman–Crippen MR) is 76.8 cm³/mol. The summed E-state index contributed by atoms with van der Waals surface area (Å²) in [6.07, 6.45) is 4.59. The number of rotatable bonds is 2. The maximum absolute atomic E-state index is 11.6. The van der Waals surface area contributed by atoms with Gasteiger partial charge in [-0.1, -0.05) is 23.7 Å². The fraction of sp³-hybridized carbons (Fsp3) is 0. The van der Waals surface area contributed by atoms with Crippen molar-refractivity contribution in [2.24, 2.45) is 0 Å². The Balaban J connectivity index is 2.20. The number of anilines is 1. The number of H-pyrrole nitrogens is 1. The Hall–Kier alpha value is -2.60. The van der Waals surface area contributed by atoms with E-state index in [1.807, 2.05) is 12.1 Å². The maximum Gasteiger partial charge on any atom is 0.271 e. The van der Waals surface area contributed by atoms with Crippen LogP contribution < -0.4 is 11.3 Å². The van der Waals surface area contributed by atoms with E-state index >= 15 is 0 Å². The second-order valence-corrected chi connectivity index (χ2v) is 4.49. The van der Waals surface area contributed by atoms with Crippen LogP contribution in [-0.4, -0.2) is 19.5 Å². The van der Waals surface area contributed by atoms with Crippen molar-refractivity contribution in [1.82, 2.24) is 19.5 Å². The van der Waals surface area contributed by atoms with Crippen LogP contribution in [0.5, 0.6) is 0 Å². The van der Waals surface area contributed by atoms with Crippen molar-refractivity contribution in [2.75, 3.05) is 5.73 Å². The topological polar surface area (TPSA) is 89.6 Å². The highest BCUT2D eigenvalue weighted by atomic mass is 35.5. The average Bonchev–Trinajstić information content (AvgIpc) is 2.91. The quantitative estimate of drug-likeness (QED) is 0.704. The van der Waals surface area contributed by atoms with Crippen molar-refractivity contribution >= 4 is 17.3 Å². The molecule has 0 saturated heterocycles. The third kappa shape index (κ3) is 2.06. The van der Waals surface area contributed by atoms with Crippen molar-refractivity contribution in [3.8, 4) is 17.2 Å². The summed E-state index contributed by atoms with van der Waals surface area (Å²) in [4.78, 5) is 22.3. The molecular weight excluding hydrogens is 278 g/mol. The summed E-state index contributed by atoms with van der Waals surface area (Å²) < 4.78 is 1.65. The lowest BCUT2D eigenvalue weighted by atomic mass is 10.2. The highest BCUT2D eigenvalue weighted by Gasteiger charge is 2.13. The summed E-state index contributed by atoms with van der Waals surface area (Å²) in [7, 11) is 0. The standard InChI is InChI=1S/C13H10ClN5O/c14-10-12(17-7-18-13(10)20)19-5-4-16-11(19)8-2-1-3-9(15)6-8/h1-7H,15H2,(H,17,18,20). The van der Waals surface area contributed by atoms with Crippen molar-refractivity contribution in [3.05, 3.63) is 58.4 Å². The largest absolute Gasteiger partial charge is 0.399 e. The Morgan fingerprint density at radius 1 is 1.30 bits per heavy atom. The first-order valence-electron chi connectivity index (χ1n) is 5.79. The zero-order chi connectivity index (χ0) is 14.1. The summed E-state index contributed by atoms with van der Waals surface area (Å²) in [5.74, 6) is 0.933. The monoisotopic (exact) mass is 287 g/mol. The van der Waals surface area contributed by atoms with Gasteiger partial charge in [0.2, 0.25) is 0 Å². The molecule has 0 atom stereocenters. The van der Waals surface area contributed by atoms with Gasteiger partial charge in [0.1, 0.15) is 10.8 Å². The van der Waals surface area contributed by atoms with Gasteiger partial charge in [-0.25, -0.2) is 9.97 Å². The molecule has 0 amide bonds. The lowest BCUT2D eigenvalue weighted by Crippen LogP contribution is -2.12. The minimum absolute atomic E-state index is 0.00986. The molecule has 100 valence electrons. The third-order valence-electron chi connectivity index (χ3n) is 2.79. The maximum atomic E-state index is 11.6. The zero-order valence-corrected chi connectivity index (χ0v) is 11.0. The molecule has 0 aliphatic rings. The number of nitrogens with one attached hydrogen (secondary N) is 1. The lowest BCUT2D eigenvalue weighted by molar-refractivity contribution is 0.966. The van der Waals surface area contributed by atoms with E-state index in [1.54, 1.807) is 29.1 Å². The van der Waals surface area contributed by atoms with E-state index in [0.717, 1.165) is 5.56 Å². The van der Waals surface area contributed by atoms with Crippen molar-refractivity contribution < 1.29 is 0 Å². The molecule has 1 aromatic carbocycles. The number of halogens is 1. The van der Waals surface area contributed by atoms with Crippen LogP contribution in [-0.2, 0) is 0 Å². The number of benzene rings is 1. The van der Waals surface area contributed by atoms with Crippen molar-refractivity contribution in [1.29, 1.82) is 0 Å². The van der Waals surface area contributed by atoms with Gasteiger partial charge in [0.15, 0.2) is 5.82 Å². The van der Waals surface area contributed by atoms with Crippen molar-refractivity contribution in [2.45, 2.75) is 0 Å². The van der Waals surface area contributed by atoms with E-state index in [4.69, 9.17) is 17.3 Å². The van der Waals surface area contributed by atoms with Crippen molar-refractivity contribution in [3.63, 3.8) is 0 Å². The summed E-state index contributed by atoms with van der Waals surface area (Å²) in [5.41, 5.74) is 6.81. The van der Waals surface area contributed by atoms with Gasteiger partial charge < -0.3 is 10.7 Å². The first-order valence-corrected chi connectivity index (χ1v) is 6.17. The van der Waals surface area contributed by atoms with Gasteiger partial charge in [-0.15, -0.1) is 0 Å². The molecule has 0 aliphatic heterocycles. The van der Waals surface area contributed by atoms with E-state index in [1.165, 1.54) is 6.33 Å². The van der Waals surface area contributed by atoms with Crippen LogP contribution in [0.1, 0.15) is 0 Å². The second-order valence-electron chi connectivity index (χ2n) is 4.12. The third-order valence-corrected chi connectivity index (χ3v) is 3.13. The first-order chi connectivity index (χ1) is 9.66. The summed E-state index contributed by atoms with van der Waals surface area (Å²) in [5, 5.41) is 0.00986. The molecule has 3 aromatic rings. The van der Waals surface area contributed by atoms with Gasteiger partial charge in [-0.3, -0.25) is 9.36 Å². The molecule has 20 heavy (non-hydrogen) atoms. The van der Waals surface area contributed by atoms with Gasteiger partial charge in [0, 0.05) is 23.6 Å². The molecule has 0 spiro atoms. The molecule has 0 unspecified atom stereocenters. The Kier molecular flexibility index (Phi) is 3.00. The van der Waals surface area contributed by atoms with Crippen LogP contribution in [0.15, 0.2) is 47.8 Å². The minimum atomic E-state index is -0.399. The highest BCUT2D eigenvalue weighted by Crippen LogP contribution is 2.24. The normalized spacial score (nSPS) is 10.7. The number of nitrogens with two attached hydrogens (primary N) is 1. The van der Waals surface area contributed by atoms with Crippen LogP contribution in [0.2, 0.25) is 5.02 Å². The average molecular weight is 288 g/mol. The van der Waals surface area contributed by atoms with Gasteiger partial charge in [0.05, 0.1) is 6.33 Å². The van der Waals surface area contributed by atoms with E-state index < -0.39 is 5.56 Å². The van der Waals surface area contributed by atoms with Gasteiger partial charge in [0.25, 0.3) is 5.56 Å². The summed E-state index contributed by atoms with van der Waals surface area (Å²) in [6.45, 7) is 0. The predicted octanol–water partition coefficient (Wildman–Crippen LogP) is 1.86. The smallest absolute Gasteiger partial charge is 0.271 e. The van der Waals surface area contributed by atoms with Gasteiger partial charge >= 0.3 is 0 Å². The van der Waals surface area contributed by atoms with Gasteiger partial charge in [-0.05, 0) is 12.1 Å².